The first kappa shape index (κ1) is 18.7. The second-order valence-electron chi connectivity index (χ2n) is 5.96. The number of amides is 1. The Kier molecular flexibility index (Phi) is 5.42. The molecule has 0 N–H and O–H groups in total. The summed E-state index contributed by atoms with van der Waals surface area (Å²) >= 11 is 0. The van der Waals surface area contributed by atoms with Crippen molar-refractivity contribution in [2.45, 2.75) is 6.92 Å². The van der Waals surface area contributed by atoms with E-state index in [0.29, 0.717) is 5.56 Å². The molecule has 1 amide bonds. The number of nitrogens with zero attached hydrogens (tertiary/aromatic N) is 5. The minimum absolute atomic E-state index is 0.0301. The number of aromatic nitrogens is 2. The molecule has 2 aromatic carbocycles. The minimum atomic E-state index is -0.549. The van der Waals surface area contributed by atoms with E-state index in [0.717, 1.165) is 15.1 Å². The molecule has 0 saturated carbocycles. The molecule has 1 aromatic heterocycles. The summed E-state index contributed by atoms with van der Waals surface area (Å²) in [4.78, 5) is 29.4. The van der Waals surface area contributed by atoms with E-state index < -0.39 is 11.5 Å². The molecule has 1 heterocycles. The van der Waals surface area contributed by atoms with E-state index in [-0.39, 0.29) is 17.2 Å². The Hall–Kier alpha value is -4.05. The van der Waals surface area contributed by atoms with Crippen molar-refractivity contribution in [1.29, 1.82) is 5.26 Å². The maximum Gasteiger partial charge on any atom is 0.273 e. The summed E-state index contributed by atoms with van der Waals surface area (Å²) in [5.74, 6) is -0.388. The van der Waals surface area contributed by atoms with E-state index in [1.807, 2.05) is 42.5 Å². The zero-order valence-corrected chi connectivity index (χ0v) is 15.4. The highest BCUT2D eigenvalue weighted by Crippen LogP contribution is 2.22. The van der Waals surface area contributed by atoms with Gasteiger partial charge in [0.25, 0.3) is 5.56 Å². The molecule has 138 valence electrons. The van der Waals surface area contributed by atoms with Gasteiger partial charge in [-0.1, -0.05) is 60.7 Å². The molecule has 0 unspecified atom stereocenters. The summed E-state index contributed by atoms with van der Waals surface area (Å²) in [5, 5.41) is 14.7. The molecule has 0 saturated heterocycles. The Labute approximate surface area is 161 Å². The smallest absolute Gasteiger partial charge is 0.273 e. The van der Waals surface area contributed by atoms with Crippen LogP contribution < -0.4 is 10.6 Å². The maximum atomic E-state index is 12.7. The number of nitriles is 1. The van der Waals surface area contributed by atoms with Crippen LogP contribution in [0.25, 0.3) is 11.3 Å². The topological polar surface area (TPSA) is 91.3 Å². The van der Waals surface area contributed by atoms with E-state index >= 15 is 0 Å². The second kappa shape index (κ2) is 8.10. The van der Waals surface area contributed by atoms with E-state index in [1.54, 1.807) is 24.3 Å². The van der Waals surface area contributed by atoms with Crippen LogP contribution in [0.3, 0.4) is 0 Å². The maximum absolute atomic E-state index is 12.7. The van der Waals surface area contributed by atoms with E-state index in [4.69, 9.17) is 0 Å². The van der Waals surface area contributed by atoms with Crippen molar-refractivity contribution < 1.29 is 4.79 Å². The standard InChI is InChI=1S/C21H17N5O2/c1-15(27)26(23-14-16-9-5-3-6-10-16)21-24-19(17-11-7-4-8-12-17)18(13-22)20(28)25(21)2/h3-12,14H,1-2H3/b23-14+. The predicted molar refractivity (Wildman–Crippen MR) is 107 cm³/mol. The van der Waals surface area contributed by atoms with E-state index in [1.165, 1.54) is 20.2 Å². The van der Waals surface area contributed by atoms with Crippen molar-refractivity contribution in [3.05, 3.63) is 82.1 Å². The molecule has 0 spiro atoms. The molecule has 7 heteroatoms. The third kappa shape index (κ3) is 3.71. The quantitative estimate of drug-likeness (QED) is 0.521. The number of anilines is 1. The number of hydrazone groups is 1. The van der Waals surface area contributed by atoms with Gasteiger partial charge >= 0.3 is 0 Å². The van der Waals surface area contributed by atoms with Crippen LogP contribution in [0.1, 0.15) is 18.1 Å². The lowest BCUT2D eigenvalue weighted by atomic mass is 10.1. The van der Waals surface area contributed by atoms with Crippen molar-refractivity contribution >= 4 is 18.1 Å². The molecular weight excluding hydrogens is 354 g/mol. The monoisotopic (exact) mass is 371 g/mol. The van der Waals surface area contributed by atoms with Gasteiger partial charge in [0.1, 0.15) is 11.6 Å². The van der Waals surface area contributed by atoms with Crippen LogP contribution in [0.15, 0.2) is 70.6 Å². The normalized spacial score (nSPS) is 10.6. The van der Waals surface area contributed by atoms with E-state index in [9.17, 15) is 14.9 Å². The average molecular weight is 371 g/mol. The fraction of sp³-hybridized carbons (Fsp3) is 0.0952. The summed E-state index contributed by atoms with van der Waals surface area (Å²) in [6.07, 6.45) is 1.51. The van der Waals surface area contributed by atoms with Gasteiger partial charge in [-0.2, -0.15) is 15.4 Å². The zero-order valence-electron chi connectivity index (χ0n) is 15.4. The van der Waals surface area contributed by atoms with Crippen LogP contribution in [0.4, 0.5) is 5.95 Å². The molecule has 28 heavy (non-hydrogen) atoms. The van der Waals surface area contributed by atoms with Crippen molar-refractivity contribution in [3.8, 4) is 17.3 Å². The molecule has 0 aliphatic rings. The van der Waals surface area contributed by atoms with Gasteiger partial charge in [-0.15, -0.1) is 0 Å². The molecule has 0 radical (unpaired) electrons. The van der Waals surface area contributed by atoms with Gasteiger partial charge in [0, 0.05) is 19.5 Å². The lowest BCUT2D eigenvalue weighted by molar-refractivity contribution is -0.116. The first-order chi connectivity index (χ1) is 13.5. The summed E-state index contributed by atoms with van der Waals surface area (Å²) < 4.78 is 1.15. The van der Waals surface area contributed by atoms with Crippen molar-refractivity contribution in [3.63, 3.8) is 0 Å². The SMILES string of the molecule is CC(=O)N(/N=C/c1ccccc1)c1nc(-c2ccccc2)c(C#N)c(=O)n1C. The van der Waals surface area contributed by atoms with Crippen molar-refractivity contribution in [2.24, 2.45) is 12.1 Å². The Bertz CT molecular complexity index is 1130. The number of benzene rings is 2. The number of carbonyl (C=O) groups excluding carboxylic acids is 1. The number of carbonyl (C=O) groups is 1. The van der Waals surface area contributed by atoms with Crippen LogP contribution in [0.2, 0.25) is 0 Å². The van der Waals surface area contributed by atoms with Crippen LogP contribution in [-0.4, -0.2) is 21.7 Å². The highest BCUT2D eigenvalue weighted by atomic mass is 16.2. The third-order valence-corrected chi connectivity index (χ3v) is 4.04. The van der Waals surface area contributed by atoms with Gasteiger partial charge in [0.2, 0.25) is 11.9 Å². The molecule has 0 aliphatic carbocycles. The zero-order chi connectivity index (χ0) is 20.1. The lowest BCUT2D eigenvalue weighted by Gasteiger charge is -2.18. The van der Waals surface area contributed by atoms with Gasteiger partial charge in [0.05, 0.1) is 11.9 Å². The van der Waals surface area contributed by atoms with Crippen molar-refractivity contribution in [1.82, 2.24) is 9.55 Å². The Morgan fingerprint density at radius 2 is 1.75 bits per heavy atom. The fourth-order valence-corrected chi connectivity index (χ4v) is 2.62. The Morgan fingerprint density at radius 1 is 1.14 bits per heavy atom. The fourth-order valence-electron chi connectivity index (χ4n) is 2.62. The summed E-state index contributed by atoms with van der Waals surface area (Å²) in [5.41, 5.74) is 0.965. The Balaban J connectivity index is 2.17. The molecule has 3 aromatic rings. The van der Waals surface area contributed by atoms with E-state index in [2.05, 4.69) is 10.1 Å². The number of hydrogen-bond acceptors (Lipinski definition) is 5. The highest BCUT2D eigenvalue weighted by molar-refractivity contribution is 5.92. The number of rotatable bonds is 4. The molecule has 7 nitrogen and oxygen atoms in total. The molecule has 0 fully saturated rings. The van der Waals surface area contributed by atoms with Gasteiger partial charge in [-0.05, 0) is 5.56 Å². The van der Waals surface area contributed by atoms with Gasteiger partial charge in [-0.3, -0.25) is 14.2 Å². The van der Waals surface area contributed by atoms with Crippen LogP contribution in [0, 0.1) is 11.3 Å². The first-order valence-electron chi connectivity index (χ1n) is 8.49. The number of hydrogen-bond donors (Lipinski definition) is 0. The average Bonchev–Trinajstić information content (AvgIpc) is 2.72. The largest absolute Gasteiger partial charge is 0.279 e. The molecule has 0 aliphatic heterocycles. The Morgan fingerprint density at radius 3 is 2.32 bits per heavy atom. The molecule has 0 bridgehead atoms. The lowest BCUT2D eigenvalue weighted by Crippen LogP contribution is -2.33. The van der Waals surface area contributed by atoms with Crippen LogP contribution >= 0.6 is 0 Å². The van der Waals surface area contributed by atoms with Gasteiger partial charge in [-0.25, -0.2) is 4.98 Å². The molecule has 0 atom stereocenters. The first-order valence-corrected chi connectivity index (χ1v) is 8.49. The van der Waals surface area contributed by atoms with Gasteiger partial charge < -0.3 is 0 Å². The molecular formula is C21H17N5O2. The minimum Gasteiger partial charge on any atom is -0.279 e. The highest BCUT2D eigenvalue weighted by Gasteiger charge is 2.21. The van der Waals surface area contributed by atoms with Crippen LogP contribution in [-0.2, 0) is 11.8 Å². The third-order valence-electron chi connectivity index (χ3n) is 4.04. The predicted octanol–water partition coefficient (Wildman–Crippen LogP) is 2.71. The summed E-state index contributed by atoms with van der Waals surface area (Å²) in [6.45, 7) is 1.33. The second-order valence-corrected chi connectivity index (χ2v) is 5.96. The summed E-state index contributed by atoms with van der Waals surface area (Å²) in [6, 6.07) is 20.0. The summed E-state index contributed by atoms with van der Waals surface area (Å²) in [7, 11) is 1.45. The van der Waals surface area contributed by atoms with Gasteiger partial charge in [0.15, 0.2) is 0 Å². The molecule has 3 rings (SSSR count). The van der Waals surface area contributed by atoms with Crippen LogP contribution in [0.5, 0.6) is 0 Å². The van der Waals surface area contributed by atoms with Crippen molar-refractivity contribution in [2.75, 3.05) is 5.01 Å².